The Morgan fingerprint density at radius 2 is 1.56 bits per heavy atom. The lowest BCUT2D eigenvalue weighted by Gasteiger charge is -2.53. The van der Waals surface area contributed by atoms with Crippen molar-refractivity contribution in [2.75, 3.05) is 0 Å². The third-order valence-corrected chi connectivity index (χ3v) is 5.45. The zero-order valence-corrected chi connectivity index (χ0v) is 10.8. The highest BCUT2D eigenvalue weighted by Crippen LogP contribution is 2.57. The lowest BCUT2D eigenvalue weighted by Crippen LogP contribution is -2.44. The predicted molar refractivity (Wildman–Crippen MR) is 65.2 cm³/mol. The van der Waals surface area contributed by atoms with E-state index in [-0.39, 0.29) is 0 Å². The van der Waals surface area contributed by atoms with Crippen LogP contribution in [0.3, 0.4) is 0 Å². The monoisotopic (exact) mass is 284 g/mol. The van der Waals surface area contributed by atoms with Crippen molar-refractivity contribution in [2.45, 2.75) is 32.1 Å². The molecular weight excluding hydrogens is 268 g/mol. The predicted octanol–water partition coefficient (Wildman–Crippen LogP) is 3.42. The minimum Gasteiger partial charge on any atom is -0.477 e. The molecule has 0 atom stereocenters. The quantitative estimate of drug-likeness (QED) is 0.789. The van der Waals surface area contributed by atoms with Crippen LogP contribution in [0.1, 0.15) is 32.1 Å². The fourth-order valence-electron chi connectivity index (χ4n) is 4.48. The van der Waals surface area contributed by atoms with E-state index in [4.69, 9.17) is 5.11 Å². The van der Waals surface area contributed by atoms with Crippen LogP contribution in [0, 0.1) is 29.6 Å². The lowest BCUT2D eigenvalue weighted by molar-refractivity contribution is -0.131. The van der Waals surface area contributed by atoms with Crippen molar-refractivity contribution in [3.8, 4) is 0 Å². The molecule has 16 heavy (non-hydrogen) atoms. The van der Waals surface area contributed by atoms with Crippen molar-refractivity contribution in [2.24, 2.45) is 29.6 Å². The number of halogens is 1. The van der Waals surface area contributed by atoms with Gasteiger partial charge in [-0.15, -0.1) is 0 Å². The Hall–Kier alpha value is -0.310. The van der Waals surface area contributed by atoms with Gasteiger partial charge in [0.15, 0.2) is 0 Å². The van der Waals surface area contributed by atoms with Crippen molar-refractivity contribution >= 4 is 21.9 Å². The maximum atomic E-state index is 10.9. The van der Waals surface area contributed by atoms with E-state index < -0.39 is 5.97 Å². The minimum atomic E-state index is -0.825. The zero-order chi connectivity index (χ0) is 11.3. The molecule has 3 heteroatoms. The zero-order valence-electron chi connectivity index (χ0n) is 9.23. The van der Waals surface area contributed by atoms with Crippen LogP contribution in [0.5, 0.6) is 0 Å². The fourth-order valence-corrected chi connectivity index (χ4v) is 4.78. The Balaban J connectivity index is 1.82. The molecule has 1 N–H and O–H groups in total. The number of carbonyl (C=O) groups is 1. The van der Waals surface area contributed by atoms with E-state index in [1.165, 1.54) is 32.1 Å². The Labute approximate surface area is 104 Å². The summed E-state index contributed by atoms with van der Waals surface area (Å²) in [6, 6.07) is 0. The highest BCUT2D eigenvalue weighted by molar-refractivity contribution is 9.12. The summed E-state index contributed by atoms with van der Waals surface area (Å²) in [6.45, 7) is 0. The number of carboxylic acid groups (broad SMARTS) is 1. The molecule has 0 saturated heterocycles. The SMILES string of the molecule is O=C(O)/C(Br)=C/C1C2CC3CC(C2)CC1C3. The summed E-state index contributed by atoms with van der Waals surface area (Å²) in [5.41, 5.74) is 0. The molecule has 0 aliphatic heterocycles. The second-order valence-electron chi connectivity index (χ2n) is 5.83. The normalized spacial score (nSPS) is 46.1. The van der Waals surface area contributed by atoms with E-state index in [1.54, 1.807) is 0 Å². The molecule has 0 spiro atoms. The molecule has 4 fully saturated rings. The van der Waals surface area contributed by atoms with Crippen molar-refractivity contribution in [1.29, 1.82) is 0 Å². The first-order valence-electron chi connectivity index (χ1n) is 6.24. The van der Waals surface area contributed by atoms with Gasteiger partial charge in [0.25, 0.3) is 0 Å². The van der Waals surface area contributed by atoms with Gasteiger partial charge in [0.05, 0.1) is 4.48 Å². The topological polar surface area (TPSA) is 37.3 Å². The van der Waals surface area contributed by atoms with E-state index in [2.05, 4.69) is 15.9 Å². The number of allylic oxidation sites excluding steroid dienone is 1. The molecule has 0 unspecified atom stereocenters. The molecule has 0 heterocycles. The highest BCUT2D eigenvalue weighted by atomic mass is 79.9. The van der Waals surface area contributed by atoms with Gasteiger partial charge in [0.2, 0.25) is 0 Å². The van der Waals surface area contributed by atoms with E-state index in [0.717, 1.165) is 23.7 Å². The fraction of sp³-hybridized carbons (Fsp3) is 0.769. The van der Waals surface area contributed by atoms with Gasteiger partial charge in [0, 0.05) is 0 Å². The summed E-state index contributed by atoms with van der Waals surface area (Å²) in [6.07, 6.45) is 8.79. The van der Waals surface area contributed by atoms with Gasteiger partial charge in [0.1, 0.15) is 0 Å². The van der Waals surface area contributed by atoms with Gasteiger partial charge >= 0.3 is 5.97 Å². The molecule has 0 aromatic carbocycles. The molecular formula is C13H17BrO2. The van der Waals surface area contributed by atoms with E-state index in [0.29, 0.717) is 10.4 Å². The Morgan fingerprint density at radius 1 is 1.06 bits per heavy atom. The lowest BCUT2D eigenvalue weighted by atomic mass is 9.52. The van der Waals surface area contributed by atoms with Crippen LogP contribution in [-0.2, 0) is 4.79 Å². The Morgan fingerprint density at radius 3 is 2.00 bits per heavy atom. The number of aliphatic carboxylic acids is 1. The maximum Gasteiger partial charge on any atom is 0.342 e. The van der Waals surface area contributed by atoms with Gasteiger partial charge in [-0.2, -0.15) is 0 Å². The van der Waals surface area contributed by atoms with Crippen LogP contribution in [0.15, 0.2) is 10.6 Å². The summed E-state index contributed by atoms with van der Waals surface area (Å²) >= 11 is 3.17. The van der Waals surface area contributed by atoms with Gasteiger partial charge in [-0.25, -0.2) is 4.79 Å². The molecule has 4 aliphatic carbocycles. The van der Waals surface area contributed by atoms with E-state index in [9.17, 15) is 4.79 Å². The molecule has 88 valence electrons. The number of rotatable bonds is 2. The Bertz CT molecular complexity index is 320. The van der Waals surface area contributed by atoms with Crippen LogP contribution in [0.2, 0.25) is 0 Å². The van der Waals surface area contributed by atoms with Crippen LogP contribution >= 0.6 is 15.9 Å². The molecule has 0 aromatic heterocycles. The van der Waals surface area contributed by atoms with Crippen LogP contribution in [0.4, 0.5) is 0 Å². The number of carboxylic acids is 1. The minimum absolute atomic E-state index is 0.366. The van der Waals surface area contributed by atoms with Crippen LogP contribution < -0.4 is 0 Å². The number of hydrogen-bond acceptors (Lipinski definition) is 1. The molecule has 2 nitrogen and oxygen atoms in total. The van der Waals surface area contributed by atoms with Crippen molar-refractivity contribution in [3.05, 3.63) is 10.6 Å². The summed E-state index contributed by atoms with van der Waals surface area (Å²) in [5.74, 6) is 3.14. The highest BCUT2D eigenvalue weighted by Gasteiger charge is 2.47. The number of hydrogen-bond donors (Lipinski definition) is 1. The molecule has 4 saturated carbocycles. The van der Waals surface area contributed by atoms with E-state index in [1.807, 2.05) is 6.08 Å². The molecule has 0 aromatic rings. The van der Waals surface area contributed by atoms with Crippen molar-refractivity contribution in [1.82, 2.24) is 0 Å². The first-order valence-corrected chi connectivity index (χ1v) is 7.03. The van der Waals surface area contributed by atoms with Crippen molar-refractivity contribution < 1.29 is 9.90 Å². The van der Waals surface area contributed by atoms with Gasteiger partial charge < -0.3 is 5.11 Å². The summed E-state index contributed by atoms with van der Waals surface area (Å²) in [7, 11) is 0. The molecule has 0 radical (unpaired) electrons. The average Bonchev–Trinajstić information content (AvgIpc) is 2.21. The second-order valence-corrected chi connectivity index (χ2v) is 6.68. The maximum absolute atomic E-state index is 10.9. The largest absolute Gasteiger partial charge is 0.477 e. The Kier molecular flexibility index (Phi) is 2.61. The summed E-state index contributed by atoms with van der Waals surface area (Å²) < 4.78 is 0.366. The molecule has 4 aliphatic rings. The second kappa shape index (κ2) is 3.86. The molecule has 4 rings (SSSR count). The van der Waals surface area contributed by atoms with Crippen LogP contribution in [-0.4, -0.2) is 11.1 Å². The van der Waals surface area contributed by atoms with Crippen molar-refractivity contribution in [3.63, 3.8) is 0 Å². The third kappa shape index (κ3) is 1.73. The summed E-state index contributed by atoms with van der Waals surface area (Å²) in [4.78, 5) is 10.9. The van der Waals surface area contributed by atoms with Gasteiger partial charge in [-0.1, -0.05) is 6.08 Å². The smallest absolute Gasteiger partial charge is 0.342 e. The van der Waals surface area contributed by atoms with Crippen LogP contribution in [0.25, 0.3) is 0 Å². The first-order chi connectivity index (χ1) is 7.63. The average molecular weight is 285 g/mol. The molecule has 0 amide bonds. The first kappa shape index (κ1) is 10.8. The van der Waals surface area contributed by atoms with Gasteiger partial charge in [-0.3, -0.25) is 0 Å². The summed E-state index contributed by atoms with van der Waals surface area (Å²) in [5, 5.41) is 8.92. The molecule has 4 bridgehead atoms. The van der Waals surface area contributed by atoms with Gasteiger partial charge in [-0.05, 0) is 77.6 Å². The standard InChI is InChI=1S/C13H17BrO2/c14-12(13(15)16)6-11-9-2-7-1-8(4-9)5-10(11)3-7/h6-11H,1-5H2,(H,15,16)/b12-6-. The third-order valence-electron chi connectivity index (χ3n) is 4.84. The van der Waals surface area contributed by atoms with E-state index >= 15 is 0 Å².